The lowest BCUT2D eigenvalue weighted by Gasteiger charge is -2.44. The lowest BCUT2D eigenvalue weighted by atomic mass is 9.12. The highest BCUT2D eigenvalue weighted by Gasteiger charge is 2.52. The molecule has 0 bridgehead atoms. The monoisotopic (exact) mass is 832 g/mol. The van der Waals surface area contributed by atoms with Crippen LogP contribution in [0.25, 0.3) is 0 Å². The van der Waals surface area contributed by atoms with Crippen LogP contribution in [0.5, 0.6) is 0 Å². The second-order valence-corrected chi connectivity index (χ2v) is 11.1. The average Bonchev–Trinajstić information content (AvgIpc) is 3.17. The maximum atomic E-state index is 15.4. The number of carbonyl (C=O) groups excluding carboxylic acids is 1. The Bertz CT molecular complexity index is 2010. The zero-order chi connectivity index (χ0) is 41.8. The van der Waals surface area contributed by atoms with E-state index in [-0.39, 0.29) is 5.78 Å². The number of hydrogen-bond donors (Lipinski definition) is 0. The van der Waals surface area contributed by atoms with E-state index in [1.165, 1.54) is 0 Å². The summed E-state index contributed by atoms with van der Waals surface area (Å²) in [6.45, 7) is 0. The summed E-state index contributed by atoms with van der Waals surface area (Å²) in [5.74, 6) is -70.9. The van der Waals surface area contributed by atoms with Crippen molar-refractivity contribution in [1.82, 2.24) is 0 Å². The zero-order valence-corrected chi connectivity index (χ0v) is 26.6. The van der Waals surface area contributed by atoms with Crippen LogP contribution in [0.15, 0.2) is 30.3 Å². The van der Waals surface area contributed by atoms with Gasteiger partial charge in [-0.1, -0.05) is 30.3 Å². The standard InChI is InChI=1S/C24BF20.C8H8OS/c26-5-1(6(27)14(35)21(42)13(5)34)25(2-7(28)15(36)22(43)16(37)8(2)29,3-9(30)17(38)23(44)18(39)10(3)31)4-11(32)19(40)24(45)20(41)12(4)33;9-8(6-10)7-4-2-1-3-5-7/h;1-5,10H,6H2/q-1;/p+1. The largest absolute Gasteiger partial charge is 0.289 e. The second kappa shape index (κ2) is 15.5. The minimum absolute atomic E-state index is 0.122. The highest BCUT2D eigenvalue weighted by atomic mass is 32.1. The van der Waals surface area contributed by atoms with Gasteiger partial charge in [0.2, 0.25) is 5.78 Å². The van der Waals surface area contributed by atoms with Gasteiger partial charge in [-0.15, -0.1) is 21.9 Å². The van der Waals surface area contributed by atoms with E-state index in [1.54, 1.807) is 0 Å². The van der Waals surface area contributed by atoms with E-state index in [1.807, 2.05) is 30.3 Å². The Kier molecular flexibility index (Phi) is 12.0. The number of Topliss-reactive ketones (excluding diaryl/α,β-unsaturated/α-hetero) is 1. The summed E-state index contributed by atoms with van der Waals surface area (Å²) in [6.07, 6.45) is -7.22. The van der Waals surface area contributed by atoms with E-state index in [0.29, 0.717) is 5.75 Å². The lowest BCUT2D eigenvalue weighted by Crippen LogP contribution is -2.81. The van der Waals surface area contributed by atoms with E-state index in [9.17, 15) is 57.5 Å². The van der Waals surface area contributed by atoms with Crippen LogP contribution in [0.4, 0.5) is 87.8 Å². The molecule has 0 aliphatic heterocycles. The predicted octanol–water partition coefficient (Wildman–Crippen LogP) is 6.73. The van der Waals surface area contributed by atoms with Crippen LogP contribution in [-0.4, -0.2) is 17.7 Å². The zero-order valence-electron chi connectivity index (χ0n) is 25.6. The Morgan fingerprint density at radius 3 is 0.709 bits per heavy atom. The molecule has 5 rings (SSSR count). The number of carbonyl (C=O) groups is 1. The quantitative estimate of drug-likeness (QED) is 0.0464. The SMILES string of the molecule is Fc1c(F)c(F)c([B-](c2c(F)c(F)c(F)c(F)c2F)(c2c(F)c(F)c(F)c(F)c2F)c2c(F)c(F)c(F)c(F)c2F)c(F)c1F.O=C(C[SH2+])c1ccccc1. The first-order valence-corrected chi connectivity index (χ1v) is 14.7. The van der Waals surface area contributed by atoms with Gasteiger partial charge in [-0.25, -0.2) is 87.8 Å². The number of ketones is 1. The summed E-state index contributed by atoms with van der Waals surface area (Å²) in [5.41, 5.74) is -13.6. The Morgan fingerprint density at radius 2 is 0.527 bits per heavy atom. The third-order valence-corrected chi connectivity index (χ3v) is 8.28. The lowest BCUT2D eigenvalue weighted by molar-refractivity contribution is 0.102. The van der Waals surface area contributed by atoms with Gasteiger partial charge in [0.05, 0.1) is 0 Å². The van der Waals surface area contributed by atoms with E-state index in [0.717, 1.165) is 5.56 Å². The topological polar surface area (TPSA) is 17.1 Å². The molecule has 0 fully saturated rings. The molecule has 23 heteroatoms. The summed E-state index contributed by atoms with van der Waals surface area (Å²) in [5, 5.41) is 0. The molecule has 0 aromatic heterocycles. The van der Waals surface area contributed by atoms with Crippen molar-refractivity contribution < 1.29 is 92.6 Å². The molecule has 0 aliphatic carbocycles. The van der Waals surface area contributed by atoms with Gasteiger partial charge in [-0.05, 0) is 12.6 Å². The molecule has 5 aromatic carbocycles. The molecule has 292 valence electrons. The molecule has 0 unspecified atom stereocenters. The average molecular weight is 832 g/mol. The maximum absolute atomic E-state index is 15.4. The van der Waals surface area contributed by atoms with Crippen molar-refractivity contribution in [3.8, 4) is 0 Å². The molecule has 0 radical (unpaired) electrons. The molecule has 5 aromatic rings. The van der Waals surface area contributed by atoms with Crippen molar-refractivity contribution in [1.29, 1.82) is 0 Å². The molecule has 0 aliphatic rings. The van der Waals surface area contributed by atoms with Gasteiger partial charge in [0, 0.05) is 5.56 Å². The van der Waals surface area contributed by atoms with Crippen LogP contribution in [0, 0.1) is 116 Å². The summed E-state index contributed by atoms with van der Waals surface area (Å²) >= 11 is 3.15. The Balaban J connectivity index is 0.000000583. The minimum Gasteiger partial charge on any atom is -0.289 e. The van der Waals surface area contributed by atoms with Crippen LogP contribution in [0.3, 0.4) is 0 Å². The van der Waals surface area contributed by atoms with E-state index in [2.05, 4.69) is 12.6 Å². The van der Waals surface area contributed by atoms with E-state index >= 15 is 35.1 Å². The van der Waals surface area contributed by atoms with Crippen molar-refractivity contribution in [3.63, 3.8) is 0 Å². The van der Waals surface area contributed by atoms with Gasteiger partial charge in [-0.2, -0.15) is 0 Å². The highest BCUT2D eigenvalue weighted by Crippen LogP contribution is 2.30. The van der Waals surface area contributed by atoms with Crippen molar-refractivity contribution >= 4 is 46.4 Å². The fourth-order valence-electron chi connectivity index (χ4n) is 5.60. The third-order valence-electron chi connectivity index (χ3n) is 7.96. The number of rotatable bonds is 6. The second-order valence-electron chi connectivity index (χ2n) is 10.8. The molecule has 0 amide bonds. The number of hydrogen-bond acceptors (Lipinski definition) is 1. The van der Waals surface area contributed by atoms with Crippen molar-refractivity contribution in [3.05, 3.63) is 152 Å². The van der Waals surface area contributed by atoms with Crippen LogP contribution < -0.4 is 21.9 Å². The van der Waals surface area contributed by atoms with Gasteiger partial charge in [0.15, 0.2) is 75.6 Å². The molecule has 0 spiro atoms. The van der Waals surface area contributed by atoms with Gasteiger partial charge in [0.1, 0.15) is 52.7 Å². The molecule has 1 nitrogen and oxygen atoms in total. The van der Waals surface area contributed by atoms with Gasteiger partial charge < -0.3 is 0 Å². The first-order valence-electron chi connectivity index (χ1n) is 14.0. The Labute approximate surface area is 297 Å². The van der Waals surface area contributed by atoms with Gasteiger partial charge >= 0.3 is 0 Å². The van der Waals surface area contributed by atoms with Crippen LogP contribution in [0.1, 0.15) is 10.4 Å². The third kappa shape index (κ3) is 6.44. The normalized spacial score (nSPS) is 11.5. The molecule has 0 saturated carbocycles. The maximum Gasteiger partial charge on any atom is 0.211 e. The number of halogens is 20. The fraction of sp³-hybridized carbons (Fsp3) is 0.0312. The minimum atomic E-state index is -7.22. The summed E-state index contributed by atoms with van der Waals surface area (Å²) in [7, 11) is 0. The molecule has 0 atom stereocenters. The summed E-state index contributed by atoms with van der Waals surface area (Å²) < 4.78 is 294. The van der Waals surface area contributed by atoms with Crippen molar-refractivity contribution in [2.24, 2.45) is 0 Å². The van der Waals surface area contributed by atoms with Gasteiger partial charge in [0.25, 0.3) is 0 Å². The Hall–Kier alpha value is -5.22. The van der Waals surface area contributed by atoms with Crippen molar-refractivity contribution in [2.45, 2.75) is 0 Å². The van der Waals surface area contributed by atoms with Gasteiger partial charge in [-0.3, -0.25) is 4.79 Å². The fourth-order valence-corrected chi connectivity index (χ4v) is 5.80. The summed E-state index contributed by atoms with van der Waals surface area (Å²) in [4.78, 5) is 11.0. The molecular formula is C32H9BF20OS. The molecule has 0 heterocycles. The van der Waals surface area contributed by atoms with Crippen LogP contribution in [-0.2, 0) is 12.6 Å². The first kappa shape index (κ1) is 42.5. The van der Waals surface area contributed by atoms with Crippen LogP contribution >= 0.6 is 0 Å². The highest BCUT2D eigenvalue weighted by molar-refractivity contribution is 7.59. The van der Waals surface area contributed by atoms with E-state index in [4.69, 9.17) is 0 Å². The molecule has 0 saturated heterocycles. The number of benzene rings is 5. The first-order chi connectivity index (χ1) is 25.5. The molecule has 0 N–H and O–H groups in total. The smallest absolute Gasteiger partial charge is 0.211 e. The molecule has 55 heavy (non-hydrogen) atoms. The van der Waals surface area contributed by atoms with E-state index < -0.39 is 144 Å². The molecular weight excluding hydrogens is 823 g/mol. The summed E-state index contributed by atoms with van der Waals surface area (Å²) in [6, 6.07) is 9.22. The predicted molar refractivity (Wildman–Crippen MR) is 155 cm³/mol. The van der Waals surface area contributed by atoms with Crippen molar-refractivity contribution in [2.75, 3.05) is 5.75 Å². The van der Waals surface area contributed by atoms with Crippen LogP contribution in [0.2, 0.25) is 0 Å². The Morgan fingerprint density at radius 1 is 0.345 bits per heavy atom.